The predicted molar refractivity (Wildman–Crippen MR) is 87.8 cm³/mol. The van der Waals surface area contributed by atoms with Crippen LogP contribution in [0.5, 0.6) is 5.75 Å². The summed E-state index contributed by atoms with van der Waals surface area (Å²) in [5.41, 5.74) is 2.15. The zero-order valence-electron chi connectivity index (χ0n) is 13.0. The summed E-state index contributed by atoms with van der Waals surface area (Å²) in [7, 11) is 0. The van der Waals surface area contributed by atoms with Crippen molar-refractivity contribution in [2.45, 2.75) is 39.5 Å². The summed E-state index contributed by atoms with van der Waals surface area (Å²) in [6.45, 7) is 4.65. The molecule has 1 aromatic carbocycles. The Hall–Kier alpha value is -1.88. The molecule has 0 unspecified atom stereocenters. The summed E-state index contributed by atoms with van der Waals surface area (Å²) in [6, 6.07) is 8.02. The number of carbonyl (C=O) groups is 1. The van der Waals surface area contributed by atoms with E-state index in [1.807, 2.05) is 38.1 Å². The SMILES string of the molecule is Cc1cccc(OCCCc2nc(C)c(CCC(=O)O)s2)c1. The lowest BCUT2D eigenvalue weighted by Crippen LogP contribution is -1.99. The van der Waals surface area contributed by atoms with E-state index in [0.717, 1.165) is 34.2 Å². The number of carboxylic acids is 1. The minimum Gasteiger partial charge on any atom is -0.494 e. The second-order valence-electron chi connectivity index (χ2n) is 5.28. The molecule has 1 N–H and O–H groups in total. The molecule has 0 radical (unpaired) electrons. The largest absolute Gasteiger partial charge is 0.494 e. The summed E-state index contributed by atoms with van der Waals surface area (Å²) < 4.78 is 5.72. The average molecular weight is 319 g/mol. The van der Waals surface area contributed by atoms with Crippen molar-refractivity contribution in [2.24, 2.45) is 0 Å². The van der Waals surface area contributed by atoms with Crippen LogP contribution in [0.3, 0.4) is 0 Å². The lowest BCUT2D eigenvalue weighted by Gasteiger charge is -2.05. The highest BCUT2D eigenvalue weighted by Crippen LogP contribution is 2.21. The number of carboxylic acid groups (broad SMARTS) is 1. The highest BCUT2D eigenvalue weighted by atomic mass is 32.1. The Morgan fingerprint density at radius 3 is 2.86 bits per heavy atom. The Labute approximate surface area is 134 Å². The van der Waals surface area contributed by atoms with Crippen molar-refractivity contribution < 1.29 is 14.6 Å². The Kier molecular flexibility index (Phi) is 5.95. The Morgan fingerprint density at radius 1 is 1.32 bits per heavy atom. The van der Waals surface area contributed by atoms with Gasteiger partial charge in [0.25, 0.3) is 0 Å². The highest BCUT2D eigenvalue weighted by Gasteiger charge is 2.09. The lowest BCUT2D eigenvalue weighted by atomic mass is 10.2. The van der Waals surface area contributed by atoms with Crippen LogP contribution >= 0.6 is 11.3 Å². The van der Waals surface area contributed by atoms with Crippen LogP contribution in [0.2, 0.25) is 0 Å². The third-order valence-electron chi connectivity index (χ3n) is 3.30. The molecule has 0 fully saturated rings. The van der Waals surface area contributed by atoms with Gasteiger partial charge in [0.05, 0.1) is 23.7 Å². The van der Waals surface area contributed by atoms with E-state index < -0.39 is 5.97 Å². The van der Waals surface area contributed by atoms with Crippen molar-refractivity contribution in [3.8, 4) is 5.75 Å². The van der Waals surface area contributed by atoms with Crippen molar-refractivity contribution in [1.82, 2.24) is 4.98 Å². The van der Waals surface area contributed by atoms with Gasteiger partial charge < -0.3 is 9.84 Å². The molecule has 4 nitrogen and oxygen atoms in total. The number of thiazole rings is 1. The molecule has 1 aromatic heterocycles. The summed E-state index contributed by atoms with van der Waals surface area (Å²) in [5.74, 6) is 0.137. The minimum absolute atomic E-state index is 0.166. The fourth-order valence-electron chi connectivity index (χ4n) is 2.17. The smallest absolute Gasteiger partial charge is 0.303 e. The van der Waals surface area contributed by atoms with Crippen LogP contribution in [0, 0.1) is 13.8 Å². The van der Waals surface area contributed by atoms with E-state index in [-0.39, 0.29) is 6.42 Å². The van der Waals surface area contributed by atoms with E-state index in [1.165, 1.54) is 5.56 Å². The fourth-order valence-corrected chi connectivity index (χ4v) is 3.28. The quantitative estimate of drug-likeness (QED) is 0.752. The van der Waals surface area contributed by atoms with Crippen molar-refractivity contribution >= 4 is 17.3 Å². The molecule has 0 saturated heterocycles. The molecule has 0 amide bonds. The summed E-state index contributed by atoms with van der Waals surface area (Å²) in [4.78, 5) is 16.2. The molecule has 2 rings (SSSR count). The van der Waals surface area contributed by atoms with Crippen molar-refractivity contribution in [2.75, 3.05) is 6.61 Å². The zero-order chi connectivity index (χ0) is 15.9. The maximum absolute atomic E-state index is 10.6. The standard InChI is InChI=1S/C17H21NO3S/c1-12-5-3-6-14(11-12)21-10-4-7-16-18-13(2)15(22-16)8-9-17(19)20/h3,5-6,11H,4,7-10H2,1-2H3,(H,19,20). The van der Waals surface area contributed by atoms with Gasteiger partial charge >= 0.3 is 5.97 Å². The maximum atomic E-state index is 10.6. The second-order valence-corrected chi connectivity index (χ2v) is 6.45. The minimum atomic E-state index is -0.763. The van der Waals surface area contributed by atoms with Crippen LogP contribution < -0.4 is 4.74 Å². The number of aryl methyl sites for hydroxylation is 4. The summed E-state index contributed by atoms with van der Waals surface area (Å²) >= 11 is 1.62. The van der Waals surface area contributed by atoms with Crippen LogP contribution in [-0.2, 0) is 17.6 Å². The van der Waals surface area contributed by atoms with Gasteiger partial charge in [0, 0.05) is 11.3 Å². The third kappa shape index (κ3) is 5.15. The molecule has 0 bridgehead atoms. The molecular weight excluding hydrogens is 298 g/mol. The van der Waals surface area contributed by atoms with Gasteiger partial charge in [0.2, 0.25) is 0 Å². The monoisotopic (exact) mass is 319 g/mol. The first-order chi connectivity index (χ1) is 10.5. The molecule has 2 aromatic rings. The van der Waals surface area contributed by atoms with E-state index >= 15 is 0 Å². The molecule has 118 valence electrons. The van der Waals surface area contributed by atoms with Gasteiger partial charge in [-0.15, -0.1) is 11.3 Å². The normalized spacial score (nSPS) is 10.6. The number of hydrogen-bond donors (Lipinski definition) is 1. The Balaban J connectivity index is 1.77. The van der Waals surface area contributed by atoms with Gasteiger partial charge in [-0.25, -0.2) is 4.98 Å². The fraction of sp³-hybridized carbons (Fsp3) is 0.412. The molecule has 1 heterocycles. The number of aliphatic carboxylic acids is 1. The molecule has 22 heavy (non-hydrogen) atoms. The van der Waals surface area contributed by atoms with E-state index in [1.54, 1.807) is 11.3 Å². The number of hydrogen-bond acceptors (Lipinski definition) is 4. The number of nitrogens with zero attached hydrogens (tertiary/aromatic N) is 1. The van der Waals surface area contributed by atoms with Crippen molar-refractivity contribution in [3.63, 3.8) is 0 Å². The number of aromatic nitrogens is 1. The summed E-state index contributed by atoms with van der Waals surface area (Å²) in [5, 5.41) is 9.80. The van der Waals surface area contributed by atoms with Gasteiger partial charge in [0.15, 0.2) is 0 Å². The molecule has 0 aliphatic carbocycles. The van der Waals surface area contributed by atoms with E-state index in [4.69, 9.17) is 9.84 Å². The molecule has 0 spiro atoms. The van der Waals surface area contributed by atoms with Gasteiger partial charge in [0.1, 0.15) is 5.75 Å². The van der Waals surface area contributed by atoms with Gasteiger partial charge in [-0.1, -0.05) is 12.1 Å². The first-order valence-electron chi connectivity index (χ1n) is 7.41. The number of ether oxygens (including phenoxy) is 1. The predicted octanol–water partition coefficient (Wildman–Crippen LogP) is 3.79. The number of rotatable bonds is 8. The molecule has 0 aliphatic heterocycles. The van der Waals surface area contributed by atoms with E-state index in [2.05, 4.69) is 4.98 Å². The van der Waals surface area contributed by atoms with Gasteiger partial charge in [-0.3, -0.25) is 4.79 Å². The molecular formula is C17H21NO3S. The lowest BCUT2D eigenvalue weighted by molar-refractivity contribution is -0.136. The molecule has 0 aliphatic rings. The van der Waals surface area contributed by atoms with Gasteiger partial charge in [-0.05, 0) is 44.4 Å². The van der Waals surface area contributed by atoms with Crippen molar-refractivity contribution in [3.05, 3.63) is 45.4 Å². The maximum Gasteiger partial charge on any atom is 0.303 e. The topological polar surface area (TPSA) is 59.4 Å². The van der Waals surface area contributed by atoms with E-state index in [9.17, 15) is 4.79 Å². The average Bonchev–Trinajstić information content (AvgIpc) is 2.82. The second kappa shape index (κ2) is 7.94. The van der Waals surface area contributed by atoms with E-state index in [0.29, 0.717) is 13.0 Å². The summed E-state index contributed by atoms with van der Waals surface area (Å²) in [6.07, 6.45) is 2.50. The first kappa shape index (κ1) is 16.5. The molecule has 5 heteroatoms. The first-order valence-corrected chi connectivity index (χ1v) is 8.22. The molecule has 0 atom stereocenters. The van der Waals surface area contributed by atoms with Crippen molar-refractivity contribution in [1.29, 1.82) is 0 Å². The molecule has 0 saturated carbocycles. The van der Waals surface area contributed by atoms with Crippen LogP contribution in [0.4, 0.5) is 0 Å². The Morgan fingerprint density at radius 2 is 2.14 bits per heavy atom. The highest BCUT2D eigenvalue weighted by molar-refractivity contribution is 7.11. The van der Waals surface area contributed by atoms with Crippen LogP contribution in [-0.4, -0.2) is 22.7 Å². The van der Waals surface area contributed by atoms with Crippen LogP contribution in [0.15, 0.2) is 24.3 Å². The Bertz CT molecular complexity index is 637. The van der Waals surface area contributed by atoms with Crippen LogP contribution in [0.1, 0.15) is 34.0 Å². The van der Waals surface area contributed by atoms with Crippen LogP contribution in [0.25, 0.3) is 0 Å². The zero-order valence-corrected chi connectivity index (χ0v) is 13.8. The van der Waals surface area contributed by atoms with Gasteiger partial charge in [-0.2, -0.15) is 0 Å². The third-order valence-corrected chi connectivity index (χ3v) is 4.57. The number of benzene rings is 1.